The maximum Gasteiger partial charge on any atom is 0.307 e. The maximum absolute atomic E-state index is 12.1. The SMILES string of the molecule is CC(C)CC(C)N(C)C(=O)C(C)C(C)C(=O)O. The predicted octanol–water partition coefficient (Wildman–Crippen LogP) is 2.24. The van der Waals surface area contributed by atoms with Crippen LogP contribution in [0.25, 0.3) is 0 Å². The van der Waals surface area contributed by atoms with Crippen molar-refractivity contribution >= 4 is 11.9 Å². The highest BCUT2D eigenvalue weighted by molar-refractivity contribution is 5.84. The third-order valence-corrected chi connectivity index (χ3v) is 3.35. The fourth-order valence-electron chi connectivity index (χ4n) is 1.81. The van der Waals surface area contributed by atoms with Gasteiger partial charge in [-0.25, -0.2) is 0 Å². The Morgan fingerprint density at radius 3 is 1.88 bits per heavy atom. The Hall–Kier alpha value is -1.06. The molecule has 3 unspecified atom stereocenters. The van der Waals surface area contributed by atoms with Crippen molar-refractivity contribution in [2.45, 2.75) is 47.1 Å². The Morgan fingerprint density at radius 2 is 1.53 bits per heavy atom. The molecule has 0 heterocycles. The third kappa shape index (κ3) is 4.75. The molecule has 0 spiro atoms. The van der Waals surface area contributed by atoms with Crippen LogP contribution in [-0.4, -0.2) is 35.0 Å². The van der Waals surface area contributed by atoms with E-state index in [4.69, 9.17) is 5.11 Å². The minimum Gasteiger partial charge on any atom is -0.481 e. The molecule has 1 N–H and O–H groups in total. The smallest absolute Gasteiger partial charge is 0.307 e. The summed E-state index contributed by atoms with van der Waals surface area (Å²) in [6.07, 6.45) is 0.927. The summed E-state index contributed by atoms with van der Waals surface area (Å²) >= 11 is 0. The quantitative estimate of drug-likeness (QED) is 0.778. The number of carboxylic acids is 1. The second-order valence-electron chi connectivity index (χ2n) is 5.34. The van der Waals surface area contributed by atoms with E-state index in [2.05, 4.69) is 13.8 Å². The van der Waals surface area contributed by atoms with E-state index >= 15 is 0 Å². The summed E-state index contributed by atoms with van der Waals surface area (Å²) in [7, 11) is 1.75. The molecule has 4 heteroatoms. The molecule has 3 atom stereocenters. The monoisotopic (exact) mass is 243 g/mol. The molecule has 0 rings (SSSR count). The van der Waals surface area contributed by atoms with Gasteiger partial charge in [-0.3, -0.25) is 9.59 Å². The number of carboxylic acid groups (broad SMARTS) is 1. The highest BCUT2D eigenvalue weighted by atomic mass is 16.4. The topological polar surface area (TPSA) is 57.6 Å². The Balaban J connectivity index is 4.53. The fourth-order valence-corrected chi connectivity index (χ4v) is 1.81. The Bertz CT molecular complexity index is 276. The van der Waals surface area contributed by atoms with Crippen LogP contribution in [0.3, 0.4) is 0 Å². The highest BCUT2D eigenvalue weighted by Crippen LogP contribution is 2.17. The lowest BCUT2D eigenvalue weighted by molar-refractivity contribution is -0.149. The van der Waals surface area contributed by atoms with Crippen LogP contribution in [0.15, 0.2) is 0 Å². The molecule has 0 aromatic heterocycles. The van der Waals surface area contributed by atoms with Gasteiger partial charge in [0.1, 0.15) is 0 Å². The molecule has 0 radical (unpaired) electrons. The summed E-state index contributed by atoms with van der Waals surface area (Å²) in [6, 6.07) is 0.144. The fraction of sp³-hybridized carbons (Fsp3) is 0.846. The molecule has 100 valence electrons. The number of amides is 1. The van der Waals surface area contributed by atoms with Crippen LogP contribution >= 0.6 is 0 Å². The molecule has 0 aromatic carbocycles. The van der Waals surface area contributed by atoms with Crippen molar-refractivity contribution in [3.8, 4) is 0 Å². The minimum atomic E-state index is -0.921. The van der Waals surface area contributed by atoms with Crippen molar-refractivity contribution in [1.29, 1.82) is 0 Å². The predicted molar refractivity (Wildman–Crippen MR) is 67.7 cm³/mol. The van der Waals surface area contributed by atoms with E-state index in [-0.39, 0.29) is 11.9 Å². The first-order valence-electron chi connectivity index (χ1n) is 6.17. The lowest BCUT2D eigenvalue weighted by Crippen LogP contribution is -2.42. The first-order valence-corrected chi connectivity index (χ1v) is 6.17. The van der Waals surface area contributed by atoms with Gasteiger partial charge in [0.15, 0.2) is 0 Å². The van der Waals surface area contributed by atoms with Crippen molar-refractivity contribution in [2.24, 2.45) is 17.8 Å². The zero-order chi connectivity index (χ0) is 13.7. The van der Waals surface area contributed by atoms with E-state index < -0.39 is 17.8 Å². The van der Waals surface area contributed by atoms with E-state index in [9.17, 15) is 9.59 Å². The summed E-state index contributed by atoms with van der Waals surface area (Å²) in [6.45, 7) is 9.47. The number of hydrogen-bond donors (Lipinski definition) is 1. The number of aliphatic carboxylic acids is 1. The van der Waals surface area contributed by atoms with Gasteiger partial charge >= 0.3 is 5.97 Å². The number of nitrogens with zero attached hydrogens (tertiary/aromatic N) is 1. The molecule has 0 aliphatic rings. The number of carbonyl (C=O) groups excluding carboxylic acids is 1. The van der Waals surface area contributed by atoms with Gasteiger partial charge in [0.2, 0.25) is 5.91 Å². The molecule has 0 saturated carbocycles. The van der Waals surface area contributed by atoms with Crippen LogP contribution in [-0.2, 0) is 9.59 Å². The molecule has 0 saturated heterocycles. The zero-order valence-electron chi connectivity index (χ0n) is 11.7. The number of hydrogen-bond acceptors (Lipinski definition) is 2. The van der Waals surface area contributed by atoms with Gasteiger partial charge in [0.25, 0.3) is 0 Å². The van der Waals surface area contributed by atoms with E-state index in [1.54, 1.807) is 25.8 Å². The number of carbonyl (C=O) groups is 2. The number of rotatable bonds is 6. The summed E-state index contributed by atoms with van der Waals surface area (Å²) in [4.78, 5) is 24.6. The molecular weight excluding hydrogens is 218 g/mol. The normalized spacial score (nSPS) is 16.4. The second-order valence-corrected chi connectivity index (χ2v) is 5.34. The van der Waals surface area contributed by atoms with Crippen molar-refractivity contribution in [2.75, 3.05) is 7.05 Å². The van der Waals surface area contributed by atoms with E-state index in [0.29, 0.717) is 5.92 Å². The molecule has 0 bridgehead atoms. The van der Waals surface area contributed by atoms with Gasteiger partial charge < -0.3 is 10.0 Å². The largest absolute Gasteiger partial charge is 0.481 e. The standard InChI is InChI=1S/C13H25NO3/c1-8(2)7-9(3)14(6)12(15)10(4)11(5)13(16)17/h8-11H,7H2,1-6H3,(H,16,17). The zero-order valence-corrected chi connectivity index (χ0v) is 11.7. The highest BCUT2D eigenvalue weighted by Gasteiger charge is 2.29. The first-order chi connectivity index (χ1) is 7.68. The Morgan fingerprint density at radius 1 is 1.06 bits per heavy atom. The van der Waals surface area contributed by atoms with Crippen molar-refractivity contribution in [1.82, 2.24) is 4.90 Å². The minimum absolute atomic E-state index is 0.0898. The maximum atomic E-state index is 12.1. The molecule has 1 amide bonds. The van der Waals surface area contributed by atoms with Crippen LogP contribution in [0, 0.1) is 17.8 Å². The van der Waals surface area contributed by atoms with Crippen LogP contribution < -0.4 is 0 Å². The molecule has 0 aromatic rings. The molecule has 0 aliphatic carbocycles. The van der Waals surface area contributed by atoms with Gasteiger partial charge in [-0.1, -0.05) is 27.7 Å². The van der Waals surface area contributed by atoms with E-state index in [0.717, 1.165) is 6.42 Å². The van der Waals surface area contributed by atoms with Crippen molar-refractivity contribution in [3.63, 3.8) is 0 Å². The van der Waals surface area contributed by atoms with Gasteiger partial charge in [0.05, 0.1) is 5.92 Å². The summed E-state index contributed by atoms with van der Waals surface area (Å²) in [5.41, 5.74) is 0. The van der Waals surface area contributed by atoms with Crippen LogP contribution in [0.2, 0.25) is 0 Å². The summed E-state index contributed by atoms with van der Waals surface area (Å²) < 4.78 is 0. The van der Waals surface area contributed by atoms with E-state index in [1.807, 2.05) is 6.92 Å². The Labute approximate surface area is 104 Å². The average Bonchev–Trinajstić information content (AvgIpc) is 2.23. The van der Waals surface area contributed by atoms with Crippen LogP contribution in [0.4, 0.5) is 0 Å². The lowest BCUT2D eigenvalue weighted by Gasteiger charge is -2.30. The Kier molecular flexibility index (Phi) is 6.21. The van der Waals surface area contributed by atoms with Crippen molar-refractivity contribution in [3.05, 3.63) is 0 Å². The van der Waals surface area contributed by atoms with Gasteiger partial charge in [-0.15, -0.1) is 0 Å². The molecule has 17 heavy (non-hydrogen) atoms. The second kappa shape index (κ2) is 6.62. The third-order valence-electron chi connectivity index (χ3n) is 3.35. The average molecular weight is 243 g/mol. The van der Waals surface area contributed by atoms with Gasteiger partial charge in [-0.05, 0) is 19.3 Å². The molecule has 0 fully saturated rings. The van der Waals surface area contributed by atoms with Gasteiger partial charge in [-0.2, -0.15) is 0 Å². The van der Waals surface area contributed by atoms with Crippen molar-refractivity contribution < 1.29 is 14.7 Å². The lowest BCUT2D eigenvalue weighted by atomic mass is 9.93. The first kappa shape index (κ1) is 15.9. The molecule has 4 nitrogen and oxygen atoms in total. The van der Waals surface area contributed by atoms with Crippen LogP contribution in [0.5, 0.6) is 0 Å². The molecule has 0 aliphatic heterocycles. The van der Waals surface area contributed by atoms with Gasteiger partial charge in [0, 0.05) is 19.0 Å². The van der Waals surface area contributed by atoms with E-state index in [1.165, 1.54) is 0 Å². The van der Waals surface area contributed by atoms with Crippen LogP contribution in [0.1, 0.15) is 41.0 Å². The summed E-state index contributed by atoms with van der Waals surface area (Å²) in [5.74, 6) is -1.61. The molecular formula is C13H25NO3. The summed E-state index contributed by atoms with van der Waals surface area (Å²) in [5, 5.41) is 8.90.